The maximum atomic E-state index is 12.0. The predicted octanol–water partition coefficient (Wildman–Crippen LogP) is 2.70. The van der Waals surface area contributed by atoms with E-state index in [2.05, 4.69) is 0 Å². The van der Waals surface area contributed by atoms with Crippen LogP contribution in [0.1, 0.15) is 12.8 Å². The van der Waals surface area contributed by atoms with E-state index < -0.39 is 5.97 Å². The number of amides is 1. The zero-order valence-electron chi connectivity index (χ0n) is 11.2. The van der Waals surface area contributed by atoms with Crippen molar-refractivity contribution in [3.63, 3.8) is 0 Å². The van der Waals surface area contributed by atoms with E-state index in [1.165, 1.54) is 0 Å². The number of aliphatic carboxylic acids is 1. The Labute approximate surface area is 132 Å². The number of carboxylic acid groups (broad SMARTS) is 1. The van der Waals surface area contributed by atoms with Crippen LogP contribution < -0.4 is 4.74 Å². The van der Waals surface area contributed by atoms with Crippen LogP contribution in [0.15, 0.2) is 18.2 Å². The molecule has 1 aromatic rings. The van der Waals surface area contributed by atoms with Crippen molar-refractivity contribution in [3.05, 3.63) is 28.2 Å². The zero-order chi connectivity index (χ0) is 15.4. The van der Waals surface area contributed by atoms with Crippen molar-refractivity contribution in [2.24, 2.45) is 5.92 Å². The van der Waals surface area contributed by atoms with Gasteiger partial charge in [-0.05, 0) is 30.5 Å². The lowest BCUT2D eigenvalue weighted by Gasteiger charge is -2.17. The van der Waals surface area contributed by atoms with Crippen molar-refractivity contribution in [1.29, 1.82) is 0 Å². The minimum atomic E-state index is -0.835. The molecule has 1 N–H and O–H groups in total. The molecule has 2 rings (SSSR count). The van der Waals surface area contributed by atoms with Crippen LogP contribution >= 0.6 is 23.2 Å². The summed E-state index contributed by atoms with van der Waals surface area (Å²) < 4.78 is 5.38. The molecule has 0 spiro atoms. The second-order valence-electron chi connectivity index (χ2n) is 4.96. The number of nitrogens with zero attached hydrogens (tertiary/aromatic N) is 1. The summed E-state index contributed by atoms with van der Waals surface area (Å²) in [4.78, 5) is 24.3. The van der Waals surface area contributed by atoms with E-state index in [9.17, 15) is 9.59 Å². The summed E-state index contributed by atoms with van der Waals surface area (Å²) in [6.45, 7) is 0.901. The fraction of sp³-hybridized carbons (Fsp3) is 0.429. The van der Waals surface area contributed by atoms with E-state index in [1.807, 2.05) is 0 Å². The lowest BCUT2D eigenvalue weighted by molar-refractivity contribution is -0.138. The minimum Gasteiger partial charge on any atom is -0.482 e. The molecule has 1 aliphatic rings. The molecule has 21 heavy (non-hydrogen) atoms. The van der Waals surface area contributed by atoms with Crippen LogP contribution in [0, 0.1) is 5.92 Å². The molecule has 5 nitrogen and oxygen atoms in total. The van der Waals surface area contributed by atoms with Crippen LogP contribution in [0.3, 0.4) is 0 Å². The van der Waals surface area contributed by atoms with Gasteiger partial charge in [-0.25, -0.2) is 0 Å². The average Bonchev–Trinajstić information content (AvgIpc) is 2.85. The third-order valence-electron chi connectivity index (χ3n) is 3.35. The van der Waals surface area contributed by atoms with Gasteiger partial charge in [0.25, 0.3) is 5.91 Å². The van der Waals surface area contributed by atoms with E-state index in [1.54, 1.807) is 23.1 Å². The normalized spacial score (nSPS) is 17.8. The number of rotatable bonds is 5. The molecule has 1 atom stereocenters. The first kappa shape index (κ1) is 15.9. The number of carboxylic acids is 1. The second-order valence-corrected chi connectivity index (χ2v) is 5.80. The Balaban J connectivity index is 1.84. The molecule has 7 heteroatoms. The summed E-state index contributed by atoms with van der Waals surface area (Å²) in [6, 6.07) is 4.78. The Morgan fingerprint density at radius 2 is 2.14 bits per heavy atom. The molecular formula is C14H15Cl2NO4. The highest BCUT2D eigenvalue weighted by molar-refractivity contribution is 6.35. The highest BCUT2D eigenvalue weighted by Crippen LogP contribution is 2.27. The van der Waals surface area contributed by atoms with E-state index >= 15 is 0 Å². The standard InChI is InChI=1S/C14H15Cl2NO4/c15-10-1-2-12(11(16)6-10)21-8-13(18)17-4-3-9(7-17)5-14(19)20/h1-2,6,9H,3-5,7-8H2,(H,19,20). The Hall–Kier alpha value is -1.46. The molecule has 1 fully saturated rings. The van der Waals surface area contributed by atoms with Crippen molar-refractivity contribution in [2.75, 3.05) is 19.7 Å². The third-order valence-corrected chi connectivity index (χ3v) is 3.88. The number of ether oxygens (including phenoxy) is 1. The van der Waals surface area contributed by atoms with E-state index in [-0.39, 0.29) is 24.9 Å². The number of likely N-dealkylation sites (tertiary alicyclic amines) is 1. The quantitative estimate of drug-likeness (QED) is 0.900. The highest BCUT2D eigenvalue weighted by Gasteiger charge is 2.27. The molecule has 1 amide bonds. The summed E-state index contributed by atoms with van der Waals surface area (Å²) in [5, 5.41) is 9.59. The summed E-state index contributed by atoms with van der Waals surface area (Å²) in [7, 11) is 0. The van der Waals surface area contributed by atoms with Gasteiger partial charge in [0, 0.05) is 24.5 Å². The molecule has 114 valence electrons. The van der Waals surface area contributed by atoms with Gasteiger partial charge in [-0.3, -0.25) is 9.59 Å². The smallest absolute Gasteiger partial charge is 0.303 e. The average molecular weight is 332 g/mol. The molecule has 0 aromatic heterocycles. The summed E-state index contributed by atoms with van der Waals surface area (Å²) in [5.74, 6) is -0.589. The molecule has 1 heterocycles. The molecule has 1 aromatic carbocycles. The first-order valence-corrected chi connectivity index (χ1v) is 7.28. The van der Waals surface area contributed by atoms with Crippen LogP contribution in [0.2, 0.25) is 10.0 Å². The first-order chi connectivity index (χ1) is 9.95. The predicted molar refractivity (Wildman–Crippen MR) is 78.9 cm³/mol. The number of carbonyl (C=O) groups is 2. The van der Waals surface area contributed by atoms with Crippen LogP contribution in [0.25, 0.3) is 0 Å². The van der Waals surface area contributed by atoms with Crippen LogP contribution in [0.5, 0.6) is 5.75 Å². The van der Waals surface area contributed by atoms with Crippen molar-refractivity contribution in [2.45, 2.75) is 12.8 Å². The molecule has 0 radical (unpaired) electrons. The monoisotopic (exact) mass is 331 g/mol. The Kier molecular flexibility index (Phi) is 5.31. The van der Waals surface area contributed by atoms with Gasteiger partial charge in [-0.2, -0.15) is 0 Å². The number of carbonyl (C=O) groups excluding carboxylic acids is 1. The van der Waals surface area contributed by atoms with Gasteiger partial charge in [-0.15, -0.1) is 0 Å². The third kappa shape index (κ3) is 4.51. The lowest BCUT2D eigenvalue weighted by atomic mass is 10.1. The molecule has 1 aliphatic heterocycles. The molecular weight excluding hydrogens is 317 g/mol. The molecule has 1 saturated heterocycles. The van der Waals surface area contributed by atoms with Crippen molar-refractivity contribution >= 4 is 35.1 Å². The van der Waals surface area contributed by atoms with Crippen LogP contribution in [-0.2, 0) is 9.59 Å². The van der Waals surface area contributed by atoms with Crippen molar-refractivity contribution in [1.82, 2.24) is 4.90 Å². The zero-order valence-corrected chi connectivity index (χ0v) is 12.7. The van der Waals surface area contributed by atoms with Crippen molar-refractivity contribution < 1.29 is 19.4 Å². The van der Waals surface area contributed by atoms with Gasteiger partial charge in [0.2, 0.25) is 0 Å². The first-order valence-electron chi connectivity index (χ1n) is 6.53. The van der Waals surface area contributed by atoms with Crippen LogP contribution in [-0.4, -0.2) is 41.6 Å². The Morgan fingerprint density at radius 1 is 1.38 bits per heavy atom. The van der Waals surface area contributed by atoms with Gasteiger partial charge in [0.15, 0.2) is 6.61 Å². The van der Waals surface area contributed by atoms with E-state index in [0.717, 1.165) is 0 Å². The maximum absolute atomic E-state index is 12.0. The van der Waals surface area contributed by atoms with E-state index in [0.29, 0.717) is 35.3 Å². The fourth-order valence-electron chi connectivity index (χ4n) is 2.30. The summed E-state index contributed by atoms with van der Waals surface area (Å²) in [5.41, 5.74) is 0. The highest BCUT2D eigenvalue weighted by atomic mass is 35.5. The number of hydrogen-bond donors (Lipinski definition) is 1. The number of benzene rings is 1. The second kappa shape index (κ2) is 7.00. The van der Waals surface area contributed by atoms with Gasteiger partial charge in [-0.1, -0.05) is 23.2 Å². The van der Waals surface area contributed by atoms with Gasteiger partial charge in [0.1, 0.15) is 5.75 Å². The number of hydrogen-bond acceptors (Lipinski definition) is 3. The maximum Gasteiger partial charge on any atom is 0.303 e. The topological polar surface area (TPSA) is 66.8 Å². The lowest BCUT2D eigenvalue weighted by Crippen LogP contribution is -2.33. The Morgan fingerprint density at radius 3 is 2.81 bits per heavy atom. The van der Waals surface area contributed by atoms with Crippen molar-refractivity contribution in [3.8, 4) is 5.75 Å². The van der Waals surface area contributed by atoms with Crippen LogP contribution in [0.4, 0.5) is 0 Å². The van der Waals surface area contributed by atoms with Gasteiger partial charge >= 0.3 is 5.97 Å². The minimum absolute atomic E-state index is 0.0190. The fourth-order valence-corrected chi connectivity index (χ4v) is 2.76. The van der Waals surface area contributed by atoms with Gasteiger partial charge < -0.3 is 14.7 Å². The summed E-state index contributed by atoms with van der Waals surface area (Å²) >= 11 is 11.7. The van der Waals surface area contributed by atoms with E-state index in [4.69, 9.17) is 33.0 Å². The number of halogens is 2. The van der Waals surface area contributed by atoms with Gasteiger partial charge in [0.05, 0.1) is 5.02 Å². The molecule has 0 bridgehead atoms. The summed E-state index contributed by atoms with van der Waals surface area (Å²) in [6.07, 6.45) is 0.799. The SMILES string of the molecule is O=C(O)CC1CCN(C(=O)COc2ccc(Cl)cc2Cl)C1. The molecule has 0 aliphatic carbocycles. The molecule has 0 saturated carbocycles. The molecule has 1 unspecified atom stereocenters. The Bertz CT molecular complexity index is 550. The largest absolute Gasteiger partial charge is 0.482 e.